The Morgan fingerprint density at radius 3 is 2.17 bits per heavy atom. The van der Waals surface area contributed by atoms with Gasteiger partial charge in [-0.15, -0.1) is 0 Å². The maximum Gasteiger partial charge on any atom is 0.271 e. The van der Waals surface area contributed by atoms with Gasteiger partial charge in [-0.1, -0.05) is 12.8 Å². The van der Waals surface area contributed by atoms with E-state index in [9.17, 15) is 0 Å². The van der Waals surface area contributed by atoms with Crippen LogP contribution in [0.2, 0.25) is 0 Å². The van der Waals surface area contributed by atoms with Gasteiger partial charge in [-0.2, -0.15) is 0 Å². The van der Waals surface area contributed by atoms with E-state index in [1.165, 1.54) is 25.7 Å². The molecule has 1 heterocycles. The van der Waals surface area contributed by atoms with E-state index in [1.54, 1.807) is 0 Å². The van der Waals surface area contributed by atoms with Crippen molar-refractivity contribution in [3.63, 3.8) is 0 Å². The third-order valence-electron chi connectivity index (χ3n) is 2.98. The maximum atomic E-state index is 5.29. The Morgan fingerprint density at radius 1 is 1.00 bits per heavy atom. The average molecular weight is 168 g/mol. The van der Waals surface area contributed by atoms with Crippen molar-refractivity contribution in [2.75, 3.05) is 13.2 Å². The van der Waals surface area contributed by atoms with E-state index in [2.05, 4.69) is 6.58 Å². The van der Waals surface area contributed by atoms with Gasteiger partial charge in [0, 0.05) is 5.92 Å². The highest BCUT2D eigenvalue weighted by molar-refractivity contribution is 4.81. The summed E-state index contributed by atoms with van der Waals surface area (Å²) in [5.41, 5.74) is 0. The molecule has 68 valence electrons. The molecule has 0 atom stereocenters. The lowest BCUT2D eigenvalue weighted by molar-refractivity contribution is -0.0646. The quantitative estimate of drug-likeness (QED) is 0.598. The smallest absolute Gasteiger partial charge is 0.271 e. The fraction of sp³-hybridized carbons (Fsp3) is 0.800. The van der Waals surface area contributed by atoms with Crippen LogP contribution in [0.15, 0.2) is 12.5 Å². The molecule has 2 nitrogen and oxygen atoms in total. The zero-order chi connectivity index (χ0) is 8.39. The molecule has 1 saturated heterocycles. The minimum atomic E-state index is 0.504. The van der Waals surface area contributed by atoms with Gasteiger partial charge in [0.15, 0.2) is 0 Å². The lowest BCUT2D eigenvalue weighted by Crippen LogP contribution is -2.28. The van der Waals surface area contributed by atoms with Crippen molar-refractivity contribution in [1.82, 2.24) is 0 Å². The van der Waals surface area contributed by atoms with E-state index in [4.69, 9.17) is 9.47 Å². The molecule has 12 heavy (non-hydrogen) atoms. The maximum absolute atomic E-state index is 5.29. The minimum Gasteiger partial charge on any atom is -0.465 e. The van der Waals surface area contributed by atoms with Crippen LogP contribution in [-0.2, 0) is 9.47 Å². The molecule has 0 bridgehead atoms. The van der Waals surface area contributed by atoms with Crippen LogP contribution in [0.25, 0.3) is 0 Å². The zero-order valence-corrected chi connectivity index (χ0v) is 7.42. The Balaban J connectivity index is 1.84. The predicted octanol–water partition coefficient (Wildman–Crippen LogP) is 2.31. The minimum absolute atomic E-state index is 0.504. The molecule has 2 aliphatic rings. The highest BCUT2D eigenvalue weighted by Gasteiger charge is 2.28. The van der Waals surface area contributed by atoms with Crippen LogP contribution >= 0.6 is 0 Å². The summed E-state index contributed by atoms with van der Waals surface area (Å²) in [7, 11) is 0. The van der Waals surface area contributed by atoms with E-state index >= 15 is 0 Å². The molecule has 0 N–H and O–H groups in total. The molecule has 0 unspecified atom stereocenters. The zero-order valence-electron chi connectivity index (χ0n) is 7.42. The summed E-state index contributed by atoms with van der Waals surface area (Å²) in [6.07, 6.45) is 5.51. The van der Waals surface area contributed by atoms with Crippen molar-refractivity contribution >= 4 is 0 Å². The first kappa shape index (κ1) is 7.96. The van der Waals surface area contributed by atoms with Gasteiger partial charge in [0.2, 0.25) is 0 Å². The normalized spacial score (nSPS) is 26.8. The SMILES string of the molecule is C=C1OCC(C2CCCC2)CO1. The molecular weight excluding hydrogens is 152 g/mol. The van der Waals surface area contributed by atoms with Crippen LogP contribution in [0.5, 0.6) is 0 Å². The monoisotopic (exact) mass is 168 g/mol. The van der Waals surface area contributed by atoms with Gasteiger partial charge in [0.05, 0.1) is 13.2 Å². The van der Waals surface area contributed by atoms with Crippen LogP contribution in [-0.4, -0.2) is 13.2 Å². The molecule has 0 aromatic rings. The Kier molecular flexibility index (Phi) is 2.24. The second kappa shape index (κ2) is 3.38. The molecule has 0 spiro atoms. The number of rotatable bonds is 1. The molecule has 0 aromatic heterocycles. The van der Waals surface area contributed by atoms with E-state index < -0.39 is 0 Å². The van der Waals surface area contributed by atoms with Crippen LogP contribution in [0, 0.1) is 11.8 Å². The molecule has 1 aliphatic carbocycles. The second-order valence-electron chi connectivity index (χ2n) is 3.80. The molecule has 1 aliphatic heterocycles. The average Bonchev–Trinajstić information content (AvgIpc) is 2.58. The molecule has 2 heteroatoms. The predicted molar refractivity (Wildman–Crippen MR) is 46.5 cm³/mol. The molecule has 0 radical (unpaired) electrons. The largest absolute Gasteiger partial charge is 0.465 e. The van der Waals surface area contributed by atoms with Crippen LogP contribution in [0.1, 0.15) is 25.7 Å². The number of hydrogen-bond donors (Lipinski definition) is 0. The fourth-order valence-electron chi connectivity index (χ4n) is 2.19. The topological polar surface area (TPSA) is 18.5 Å². The van der Waals surface area contributed by atoms with Crippen molar-refractivity contribution < 1.29 is 9.47 Å². The van der Waals surface area contributed by atoms with Crippen LogP contribution < -0.4 is 0 Å². The highest BCUT2D eigenvalue weighted by Crippen LogP contribution is 2.33. The van der Waals surface area contributed by atoms with Gasteiger partial charge in [0.25, 0.3) is 5.95 Å². The Labute approximate surface area is 73.5 Å². The molecule has 0 amide bonds. The molecular formula is C10H16O2. The van der Waals surface area contributed by atoms with E-state index in [0.29, 0.717) is 11.9 Å². The van der Waals surface area contributed by atoms with Gasteiger partial charge in [-0.3, -0.25) is 0 Å². The van der Waals surface area contributed by atoms with Gasteiger partial charge in [-0.05, 0) is 25.3 Å². The lowest BCUT2D eigenvalue weighted by Gasteiger charge is -2.28. The molecule has 0 aromatic carbocycles. The summed E-state index contributed by atoms with van der Waals surface area (Å²) >= 11 is 0. The summed E-state index contributed by atoms with van der Waals surface area (Å²) < 4.78 is 10.6. The Bertz CT molecular complexity index is 161. The van der Waals surface area contributed by atoms with Crippen molar-refractivity contribution in [2.24, 2.45) is 11.8 Å². The second-order valence-corrected chi connectivity index (χ2v) is 3.80. The van der Waals surface area contributed by atoms with Crippen LogP contribution in [0.3, 0.4) is 0 Å². The van der Waals surface area contributed by atoms with Gasteiger partial charge in [0.1, 0.15) is 0 Å². The first-order valence-corrected chi connectivity index (χ1v) is 4.81. The fourth-order valence-corrected chi connectivity index (χ4v) is 2.19. The van der Waals surface area contributed by atoms with Gasteiger partial charge >= 0.3 is 0 Å². The van der Waals surface area contributed by atoms with Gasteiger partial charge in [-0.25, -0.2) is 0 Å². The first-order chi connectivity index (χ1) is 5.86. The third kappa shape index (κ3) is 1.57. The standard InChI is InChI=1S/C10H16O2/c1-8-11-6-10(7-12-8)9-4-2-3-5-9/h9-10H,1-7H2. The van der Waals surface area contributed by atoms with Crippen molar-refractivity contribution in [3.05, 3.63) is 12.5 Å². The number of ether oxygens (including phenoxy) is 2. The third-order valence-corrected chi connectivity index (χ3v) is 2.98. The molecule has 1 saturated carbocycles. The van der Waals surface area contributed by atoms with Gasteiger partial charge < -0.3 is 9.47 Å². The summed E-state index contributed by atoms with van der Waals surface area (Å²) in [6, 6.07) is 0. The summed E-state index contributed by atoms with van der Waals surface area (Å²) in [5.74, 6) is 1.97. The van der Waals surface area contributed by atoms with Crippen molar-refractivity contribution in [3.8, 4) is 0 Å². The van der Waals surface area contributed by atoms with E-state index in [-0.39, 0.29) is 0 Å². The molecule has 2 rings (SSSR count). The van der Waals surface area contributed by atoms with E-state index in [0.717, 1.165) is 19.1 Å². The van der Waals surface area contributed by atoms with Crippen LogP contribution in [0.4, 0.5) is 0 Å². The number of hydrogen-bond acceptors (Lipinski definition) is 2. The highest BCUT2D eigenvalue weighted by atomic mass is 16.7. The summed E-state index contributed by atoms with van der Waals surface area (Å²) in [6.45, 7) is 5.28. The molecule has 2 fully saturated rings. The Hall–Kier alpha value is -0.660. The van der Waals surface area contributed by atoms with E-state index in [1.807, 2.05) is 0 Å². The Morgan fingerprint density at radius 2 is 1.58 bits per heavy atom. The first-order valence-electron chi connectivity index (χ1n) is 4.81. The summed E-state index contributed by atoms with van der Waals surface area (Å²) in [4.78, 5) is 0. The lowest BCUT2D eigenvalue weighted by atomic mass is 9.92. The van der Waals surface area contributed by atoms with Crippen molar-refractivity contribution in [1.29, 1.82) is 0 Å². The summed E-state index contributed by atoms with van der Waals surface area (Å²) in [5, 5.41) is 0. The van der Waals surface area contributed by atoms with Crippen molar-refractivity contribution in [2.45, 2.75) is 25.7 Å².